The van der Waals surface area contributed by atoms with Crippen molar-refractivity contribution in [2.45, 2.75) is 19.6 Å². The Labute approximate surface area is 135 Å². The number of benzene rings is 2. The summed E-state index contributed by atoms with van der Waals surface area (Å²) in [5.41, 5.74) is 2.65. The van der Waals surface area contributed by atoms with Gasteiger partial charge in [-0.05, 0) is 29.7 Å². The van der Waals surface area contributed by atoms with Crippen LogP contribution in [0.25, 0.3) is 0 Å². The molecule has 4 nitrogen and oxygen atoms in total. The molecule has 0 radical (unpaired) electrons. The van der Waals surface area contributed by atoms with Gasteiger partial charge in [0.15, 0.2) is 0 Å². The van der Waals surface area contributed by atoms with Crippen LogP contribution in [0.4, 0.5) is 4.79 Å². The topological polar surface area (TPSA) is 61.4 Å². The summed E-state index contributed by atoms with van der Waals surface area (Å²) in [5.74, 6) is 0. The summed E-state index contributed by atoms with van der Waals surface area (Å²) >= 11 is 6.02. The van der Waals surface area contributed by atoms with E-state index in [4.69, 9.17) is 11.6 Å². The number of aryl methyl sites for hydroxylation is 1. The van der Waals surface area contributed by atoms with Gasteiger partial charge in [-0.1, -0.05) is 54.1 Å². The van der Waals surface area contributed by atoms with Gasteiger partial charge in [-0.25, -0.2) is 4.79 Å². The zero-order chi connectivity index (χ0) is 15.9. The maximum atomic E-state index is 11.8. The lowest BCUT2D eigenvalue weighted by molar-refractivity contribution is 0.172. The van der Waals surface area contributed by atoms with Crippen LogP contribution in [-0.2, 0) is 6.54 Å². The quantitative estimate of drug-likeness (QED) is 0.793. The molecular weight excluding hydrogens is 300 g/mol. The molecule has 2 amide bonds. The van der Waals surface area contributed by atoms with Crippen LogP contribution < -0.4 is 10.6 Å². The average molecular weight is 319 g/mol. The summed E-state index contributed by atoms with van der Waals surface area (Å²) in [6.45, 7) is 2.42. The summed E-state index contributed by atoms with van der Waals surface area (Å²) in [5, 5.41) is 16.1. The Bertz CT molecular complexity index is 646. The average Bonchev–Trinajstić information content (AvgIpc) is 2.52. The van der Waals surface area contributed by atoms with Crippen LogP contribution in [0.15, 0.2) is 48.5 Å². The largest absolute Gasteiger partial charge is 0.387 e. The second-order valence-corrected chi connectivity index (χ2v) is 5.43. The lowest BCUT2D eigenvalue weighted by Crippen LogP contribution is -2.37. The molecule has 22 heavy (non-hydrogen) atoms. The second kappa shape index (κ2) is 7.82. The molecule has 116 valence electrons. The number of hydrogen-bond donors (Lipinski definition) is 3. The summed E-state index contributed by atoms with van der Waals surface area (Å²) in [6, 6.07) is 14.5. The third kappa shape index (κ3) is 4.48. The zero-order valence-corrected chi connectivity index (χ0v) is 13.1. The number of rotatable bonds is 5. The van der Waals surface area contributed by atoms with E-state index in [2.05, 4.69) is 10.6 Å². The number of carbonyl (C=O) groups is 1. The van der Waals surface area contributed by atoms with Crippen LogP contribution in [0.3, 0.4) is 0 Å². The maximum Gasteiger partial charge on any atom is 0.315 e. The fourth-order valence-electron chi connectivity index (χ4n) is 2.14. The van der Waals surface area contributed by atoms with E-state index in [1.165, 1.54) is 0 Å². The third-order valence-corrected chi connectivity index (χ3v) is 3.77. The van der Waals surface area contributed by atoms with E-state index in [0.29, 0.717) is 11.6 Å². The van der Waals surface area contributed by atoms with E-state index < -0.39 is 6.10 Å². The lowest BCUT2D eigenvalue weighted by atomic mass is 10.0. The summed E-state index contributed by atoms with van der Waals surface area (Å²) in [4.78, 5) is 11.8. The van der Waals surface area contributed by atoms with Gasteiger partial charge >= 0.3 is 6.03 Å². The van der Waals surface area contributed by atoms with Crippen LogP contribution in [0.2, 0.25) is 5.02 Å². The van der Waals surface area contributed by atoms with E-state index >= 15 is 0 Å². The Morgan fingerprint density at radius 3 is 2.55 bits per heavy atom. The van der Waals surface area contributed by atoms with Crippen molar-refractivity contribution in [1.82, 2.24) is 10.6 Å². The highest BCUT2D eigenvalue weighted by atomic mass is 35.5. The Morgan fingerprint density at radius 2 is 1.82 bits per heavy atom. The first kappa shape index (κ1) is 16.3. The van der Waals surface area contributed by atoms with Gasteiger partial charge < -0.3 is 15.7 Å². The van der Waals surface area contributed by atoms with Crippen LogP contribution in [0.5, 0.6) is 0 Å². The fourth-order valence-corrected chi connectivity index (χ4v) is 2.34. The first-order valence-electron chi connectivity index (χ1n) is 7.06. The number of nitrogens with one attached hydrogen (secondary N) is 2. The molecule has 0 aromatic heterocycles. The highest BCUT2D eigenvalue weighted by Gasteiger charge is 2.11. The molecule has 0 saturated heterocycles. The number of hydrogen-bond acceptors (Lipinski definition) is 2. The molecule has 0 aliphatic rings. The van der Waals surface area contributed by atoms with Crippen molar-refractivity contribution in [1.29, 1.82) is 0 Å². The Hall–Kier alpha value is -2.04. The smallest absolute Gasteiger partial charge is 0.315 e. The summed E-state index contributed by atoms with van der Waals surface area (Å²) in [6.07, 6.45) is -0.729. The first-order valence-corrected chi connectivity index (χ1v) is 7.44. The lowest BCUT2D eigenvalue weighted by Gasteiger charge is -2.15. The molecule has 0 aliphatic heterocycles. The first-order chi connectivity index (χ1) is 10.6. The molecule has 3 N–H and O–H groups in total. The molecule has 0 aliphatic carbocycles. The van der Waals surface area contributed by atoms with Crippen molar-refractivity contribution >= 4 is 17.6 Å². The van der Waals surface area contributed by atoms with Crippen molar-refractivity contribution in [3.8, 4) is 0 Å². The van der Waals surface area contributed by atoms with Crippen LogP contribution >= 0.6 is 11.6 Å². The Morgan fingerprint density at radius 1 is 1.14 bits per heavy atom. The van der Waals surface area contributed by atoms with Crippen molar-refractivity contribution in [3.63, 3.8) is 0 Å². The molecule has 0 fully saturated rings. The van der Waals surface area contributed by atoms with Gasteiger partial charge in [-0.15, -0.1) is 0 Å². The van der Waals surface area contributed by atoms with Crippen molar-refractivity contribution in [3.05, 3.63) is 70.2 Å². The monoisotopic (exact) mass is 318 g/mol. The molecule has 1 unspecified atom stereocenters. The van der Waals surface area contributed by atoms with E-state index in [0.717, 1.165) is 16.7 Å². The van der Waals surface area contributed by atoms with Gasteiger partial charge in [0.2, 0.25) is 0 Å². The number of aliphatic hydroxyl groups excluding tert-OH is 1. The number of carbonyl (C=O) groups excluding carboxylic acids is 1. The zero-order valence-electron chi connectivity index (χ0n) is 12.3. The molecule has 2 aromatic rings. The molecule has 0 heterocycles. The number of halogens is 1. The van der Waals surface area contributed by atoms with Gasteiger partial charge in [0.1, 0.15) is 0 Å². The van der Waals surface area contributed by atoms with Crippen molar-refractivity contribution in [2.75, 3.05) is 6.54 Å². The standard InChI is InChI=1S/C17H19ClN2O2/c1-12-6-2-4-8-14(12)16(21)11-20-17(22)19-10-13-7-3-5-9-15(13)18/h2-9,16,21H,10-11H2,1H3,(H2,19,20,22). The molecule has 0 spiro atoms. The third-order valence-electron chi connectivity index (χ3n) is 3.40. The minimum Gasteiger partial charge on any atom is -0.387 e. The number of amides is 2. The molecule has 1 atom stereocenters. The van der Waals surface area contributed by atoms with Gasteiger partial charge in [0, 0.05) is 18.1 Å². The Kier molecular flexibility index (Phi) is 5.81. The molecule has 0 bridgehead atoms. The predicted molar refractivity (Wildman–Crippen MR) is 87.8 cm³/mol. The summed E-state index contributed by atoms with van der Waals surface area (Å²) < 4.78 is 0. The maximum absolute atomic E-state index is 11.8. The normalized spacial score (nSPS) is 11.8. The summed E-state index contributed by atoms with van der Waals surface area (Å²) in [7, 11) is 0. The minimum absolute atomic E-state index is 0.152. The van der Waals surface area contributed by atoms with E-state index in [1.54, 1.807) is 6.07 Å². The van der Waals surface area contributed by atoms with Crippen LogP contribution in [0, 0.1) is 6.92 Å². The second-order valence-electron chi connectivity index (χ2n) is 5.03. The molecule has 0 saturated carbocycles. The van der Waals surface area contributed by atoms with Crippen molar-refractivity contribution < 1.29 is 9.90 Å². The van der Waals surface area contributed by atoms with Crippen LogP contribution in [0.1, 0.15) is 22.8 Å². The van der Waals surface area contributed by atoms with Gasteiger partial charge in [-0.3, -0.25) is 0 Å². The number of urea groups is 1. The van der Waals surface area contributed by atoms with Crippen molar-refractivity contribution in [2.24, 2.45) is 0 Å². The Balaban J connectivity index is 1.81. The molecular formula is C17H19ClN2O2. The van der Waals surface area contributed by atoms with E-state index in [-0.39, 0.29) is 12.6 Å². The molecule has 2 rings (SSSR count). The van der Waals surface area contributed by atoms with E-state index in [1.807, 2.05) is 49.4 Å². The van der Waals surface area contributed by atoms with E-state index in [9.17, 15) is 9.90 Å². The van der Waals surface area contributed by atoms with Gasteiger partial charge in [0.25, 0.3) is 0 Å². The molecule has 5 heteroatoms. The number of aliphatic hydroxyl groups is 1. The highest BCUT2D eigenvalue weighted by molar-refractivity contribution is 6.31. The van der Waals surface area contributed by atoms with Crippen LogP contribution in [-0.4, -0.2) is 17.7 Å². The van der Waals surface area contributed by atoms with Gasteiger partial charge in [-0.2, -0.15) is 0 Å². The fraction of sp³-hybridized carbons (Fsp3) is 0.235. The highest BCUT2D eigenvalue weighted by Crippen LogP contribution is 2.16. The minimum atomic E-state index is -0.729. The molecule has 2 aromatic carbocycles. The SMILES string of the molecule is Cc1ccccc1C(O)CNC(=O)NCc1ccccc1Cl. The predicted octanol–water partition coefficient (Wildman–Crippen LogP) is 3.18. The van der Waals surface area contributed by atoms with Gasteiger partial charge in [0.05, 0.1) is 6.10 Å².